The fourth-order valence-corrected chi connectivity index (χ4v) is 2.17. The second kappa shape index (κ2) is 3.76. The fourth-order valence-electron chi connectivity index (χ4n) is 0.960. The maximum absolute atomic E-state index is 5.49. The molecule has 0 aliphatic rings. The van der Waals surface area contributed by atoms with Gasteiger partial charge >= 0.3 is 0 Å². The van der Waals surface area contributed by atoms with E-state index in [4.69, 9.17) is 5.73 Å². The number of rotatable bonds is 3. The summed E-state index contributed by atoms with van der Waals surface area (Å²) in [7, 11) is 0. The lowest BCUT2D eigenvalue weighted by molar-refractivity contribution is 1.21. The first-order chi connectivity index (χ1) is 6.34. The Bertz CT molecular complexity index is 366. The molecule has 2 heterocycles. The molecule has 68 valence electrons. The van der Waals surface area contributed by atoms with Crippen molar-refractivity contribution in [3.63, 3.8) is 0 Å². The molecule has 0 saturated carbocycles. The van der Waals surface area contributed by atoms with Crippen LogP contribution in [-0.2, 0) is 6.54 Å². The van der Waals surface area contributed by atoms with E-state index in [1.54, 1.807) is 11.3 Å². The molecule has 0 unspecified atom stereocenters. The van der Waals surface area contributed by atoms with Crippen LogP contribution in [0.2, 0.25) is 0 Å². The van der Waals surface area contributed by atoms with Crippen LogP contribution in [0.5, 0.6) is 0 Å². The molecule has 0 aliphatic carbocycles. The van der Waals surface area contributed by atoms with Gasteiger partial charge in [-0.25, -0.2) is 0 Å². The Morgan fingerprint density at radius 2 is 2.46 bits per heavy atom. The van der Waals surface area contributed by atoms with Crippen LogP contribution < -0.4 is 11.1 Å². The Balaban J connectivity index is 1.93. The second-order valence-corrected chi connectivity index (χ2v) is 4.39. The zero-order chi connectivity index (χ0) is 9.10. The molecule has 0 aliphatic heterocycles. The van der Waals surface area contributed by atoms with Crippen molar-refractivity contribution in [3.05, 3.63) is 28.5 Å². The lowest BCUT2D eigenvalue weighted by atomic mass is 10.4. The molecule has 2 aromatic heterocycles. The van der Waals surface area contributed by atoms with Crippen LogP contribution in [0, 0.1) is 0 Å². The fraction of sp³-hybridized carbons (Fsp3) is 0.125. The van der Waals surface area contributed by atoms with Crippen LogP contribution in [0.15, 0.2) is 23.6 Å². The van der Waals surface area contributed by atoms with Crippen LogP contribution in [0.25, 0.3) is 0 Å². The topological polar surface area (TPSA) is 50.9 Å². The Kier molecular flexibility index (Phi) is 2.47. The van der Waals surface area contributed by atoms with Gasteiger partial charge in [0.1, 0.15) is 10.8 Å². The molecule has 2 rings (SSSR count). The van der Waals surface area contributed by atoms with Crippen molar-refractivity contribution in [1.29, 1.82) is 0 Å². The highest BCUT2D eigenvalue weighted by atomic mass is 32.1. The number of thiophene rings is 1. The van der Waals surface area contributed by atoms with Crippen molar-refractivity contribution in [3.8, 4) is 0 Å². The first kappa shape index (κ1) is 8.52. The predicted octanol–water partition coefficient (Wildman–Crippen LogP) is 2.40. The Morgan fingerprint density at radius 3 is 3.08 bits per heavy atom. The van der Waals surface area contributed by atoms with Gasteiger partial charge < -0.3 is 11.1 Å². The molecule has 3 N–H and O–H groups in total. The number of nitrogens with two attached hydrogens (primary N) is 1. The zero-order valence-corrected chi connectivity index (χ0v) is 8.49. The van der Waals surface area contributed by atoms with Gasteiger partial charge in [-0.2, -0.15) is 4.37 Å². The minimum atomic E-state index is 0.582. The number of hydrogen-bond donors (Lipinski definition) is 2. The van der Waals surface area contributed by atoms with Gasteiger partial charge in [0.2, 0.25) is 0 Å². The van der Waals surface area contributed by atoms with E-state index >= 15 is 0 Å². The summed E-state index contributed by atoms with van der Waals surface area (Å²) in [4.78, 5) is 1.31. The van der Waals surface area contributed by atoms with Gasteiger partial charge in [0.15, 0.2) is 0 Å². The molecule has 0 aromatic carbocycles. The van der Waals surface area contributed by atoms with Gasteiger partial charge in [-0.05, 0) is 23.0 Å². The minimum absolute atomic E-state index is 0.582. The molecular formula is C8H9N3S2. The van der Waals surface area contributed by atoms with Crippen molar-refractivity contribution in [2.45, 2.75) is 6.54 Å². The molecule has 0 radical (unpaired) electrons. The molecule has 0 saturated heterocycles. The molecule has 2 aromatic rings. The highest BCUT2D eigenvalue weighted by molar-refractivity contribution is 7.10. The first-order valence-corrected chi connectivity index (χ1v) is 5.48. The number of aromatic nitrogens is 1. The molecular weight excluding hydrogens is 202 g/mol. The summed E-state index contributed by atoms with van der Waals surface area (Å²) in [6.07, 6.45) is 0. The summed E-state index contributed by atoms with van der Waals surface area (Å²) in [6, 6.07) is 5.99. The SMILES string of the molecule is Nc1cc(NCc2cccs2)sn1. The maximum Gasteiger partial charge on any atom is 0.139 e. The van der Waals surface area contributed by atoms with Crippen LogP contribution in [0.1, 0.15) is 4.88 Å². The predicted molar refractivity (Wildman–Crippen MR) is 58.2 cm³/mol. The van der Waals surface area contributed by atoms with Crippen LogP contribution in [-0.4, -0.2) is 4.37 Å². The largest absolute Gasteiger partial charge is 0.383 e. The average Bonchev–Trinajstić information content (AvgIpc) is 2.71. The Hall–Kier alpha value is -1.07. The van der Waals surface area contributed by atoms with Gasteiger partial charge in [-0.3, -0.25) is 0 Å². The Morgan fingerprint density at radius 1 is 1.54 bits per heavy atom. The number of hydrogen-bond acceptors (Lipinski definition) is 5. The van der Waals surface area contributed by atoms with Crippen molar-refractivity contribution in [2.75, 3.05) is 11.1 Å². The van der Waals surface area contributed by atoms with E-state index in [1.807, 2.05) is 12.1 Å². The summed E-state index contributed by atoms with van der Waals surface area (Å²) >= 11 is 3.13. The monoisotopic (exact) mass is 211 g/mol. The van der Waals surface area contributed by atoms with Crippen molar-refractivity contribution in [1.82, 2.24) is 4.37 Å². The van der Waals surface area contributed by atoms with Crippen LogP contribution >= 0.6 is 22.9 Å². The van der Waals surface area contributed by atoms with Crippen LogP contribution in [0.4, 0.5) is 10.8 Å². The normalized spacial score (nSPS) is 10.2. The number of nitrogen functional groups attached to an aromatic ring is 1. The summed E-state index contributed by atoms with van der Waals surface area (Å²) in [5.41, 5.74) is 5.49. The van der Waals surface area contributed by atoms with E-state index in [-0.39, 0.29) is 0 Å². The molecule has 13 heavy (non-hydrogen) atoms. The van der Waals surface area contributed by atoms with Gasteiger partial charge in [0.05, 0.1) is 6.54 Å². The Labute approximate surface area is 84.4 Å². The quantitative estimate of drug-likeness (QED) is 0.819. The third-order valence-corrected chi connectivity index (χ3v) is 3.18. The van der Waals surface area contributed by atoms with E-state index in [9.17, 15) is 0 Å². The first-order valence-electron chi connectivity index (χ1n) is 3.83. The number of nitrogens with zero attached hydrogens (tertiary/aromatic N) is 1. The highest BCUT2D eigenvalue weighted by Gasteiger charge is 1.98. The van der Waals surface area contributed by atoms with Gasteiger partial charge in [0, 0.05) is 10.9 Å². The highest BCUT2D eigenvalue weighted by Crippen LogP contribution is 2.19. The van der Waals surface area contributed by atoms with Crippen molar-refractivity contribution in [2.24, 2.45) is 0 Å². The summed E-state index contributed by atoms with van der Waals surface area (Å²) in [5.74, 6) is 0.582. The summed E-state index contributed by atoms with van der Waals surface area (Å²) < 4.78 is 3.98. The van der Waals surface area contributed by atoms with Gasteiger partial charge in [-0.1, -0.05) is 6.07 Å². The van der Waals surface area contributed by atoms with Gasteiger partial charge in [-0.15, -0.1) is 11.3 Å². The lowest BCUT2D eigenvalue weighted by Crippen LogP contribution is -1.94. The van der Waals surface area contributed by atoms with E-state index < -0.39 is 0 Å². The van der Waals surface area contributed by atoms with Gasteiger partial charge in [0.25, 0.3) is 0 Å². The number of nitrogens with one attached hydrogen (secondary N) is 1. The zero-order valence-electron chi connectivity index (χ0n) is 6.86. The second-order valence-electron chi connectivity index (χ2n) is 2.55. The molecule has 0 atom stereocenters. The third kappa shape index (κ3) is 2.19. The summed E-state index contributed by atoms with van der Waals surface area (Å²) in [6.45, 7) is 0.847. The molecule has 0 spiro atoms. The minimum Gasteiger partial charge on any atom is -0.383 e. The molecule has 3 nitrogen and oxygen atoms in total. The van der Waals surface area contributed by atoms with Crippen molar-refractivity contribution >= 4 is 33.7 Å². The van der Waals surface area contributed by atoms with Crippen molar-refractivity contribution < 1.29 is 0 Å². The average molecular weight is 211 g/mol. The standard InChI is InChI=1S/C8H9N3S2/c9-7-4-8(13-11-7)10-5-6-2-1-3-12-6/h1-4,10H,5H2,(H2,9,11). The summed E-state index contributed by atoms with van der Waals surface area (Å²) in [5, 5.41) is 6.34. The van der Waals surface area contributed by atoms with E-state index in [0.29, 0.717) is 5.82 Å². The molecule has 0 amide bonds. The smallest absolute Gasteiger partial charge is 0.139 e. The number of anilines is 2. The van der Waals surface area contributed by atoms with Crippen LogP contribution in [0.3, 0.4) is 0 Å². The third-order valence-electron chi connectivity index (χ3n) is 1.55. The lowest BCUT2D eigenvalue weighted by Gasteiger charge is -1.98. The molecule has 5 heteroatoms. The molecule has 0 bridgehead atoms. The molecule has 0 fully saturated rings. The van der Waals surface area contributed by atoms with E-state index in [1.165, 1.54) is 16.4 Å². The van der Waals surface area contributed by atoms with E-state index in [0.717, 1.165) is 11.5 Å². The maximum atomic E-state index is 5.49. The van der Waals surface area contributed by atoms with E-state index in [2.05, 4.69) is 21.1 Å².